The monoisotopic (exact) mass is 472 g/mol. The first-order chi connectivity index (χ1) is 16.5. The molecule has 0 N–H and O–H groups in total. The minimum Gasteiger partial charge on any atom is -0.311 e. The van der Waals surface area contributed by atoms with Crippen LogP contribution in [0.4, 0.5) is 10.1 Å². The quantitative estimate of drug-likeness (QED) is 0.283. The summed E-state index contributed by atoms with van der Waals surface area (Å²) in [6, 6.07) is 22.1. The molecule has 0 spiro atoms. The van der Waals surface area contributed by atoms with Crippen molar-refractivity contribution in [3.05, 3.63) is 94.5 Å². The fourth-order valence-corrected chi connectivity index (χ4v) is 4.40. The van der Waals surface area contributed by atoms with E-state index in [1.54, 1.807) is 29.2 Å². The van der Waals surface area contributed by atoms with Gasteiger partial charge in [0.15, 0.2) is 5.16 Å². The van der Waals surface area contributed by atoms with Gasteiger partial charge in [-0.05, 0) is 55.5 Å². The molecule has 0 saturated heterocycles. The molecule has 0 saturated carbocycles. The van der Waals surface area contributed by atoms with Gasteiger partial charge in [-0.3, -0.25) is 14.2 Å². The van der Waals surface area contributed by atoms with Crippen LogP contribution in [0.3, 0.4) is 0 Å². The summed E-state index contributed by atoms with van der Waals surface area (Å²) in [6.45, 7) is 2.22. The zero-order valence-electron chi connectivity index (χ0n) is 18.4. The zero-order chi connectivity index (χ0) is 24.1. The van der Waals surface area contributed by atoms with Crippen molar-refractivity contribution in [3.8, 4) is 11.8 Å². The lowest BCUT2D eigenvalue weighted by molar-refractivity contribution is -0.116. The first-order valence-corrected chi connectivity index (χ1v) is 11.6. The Bertz CT molecular complexity index is 1430. The fraction of sp³-hybridized carbons (Fsp3) is 0.154. The maximum atomic E-state index is 13.5. The summed E-state index contributed by atoms with van der Waals surface area (Å²) in [5.41, 5.74) is 2.44. The molecule has 4 aromatic rings. The van der Waals surface area contributed by atoms with Crippen LogP contribution >= 0.6 is 11.8 Å². The van der Waals surface area contributed by atoms with Crippen LogP contribution < -0.4 is 10.5 Å². The van der Waals surface area contributed by atoms with E-state index in [2.05, 4.69) is 11.1 Å². The Kier molecular flexibility index (Phi) is 7.04. The van der Waals surface area contributed by atoms with Crippen LogP contribution in [0.25, 0.3) is 16.6 Å². The highest BCUT2D eigenvalue weighted by Gasteiger charge is 2.19. The number of aromatic nitrogens is 2. The second kappa shape index (κ2) is 10.3. The topological polar surface area (TPSA) is 79.0 Å². The van der Waals surface area contributed by atoms with Crippen molar-refractivity contribution in [1.29, 1.82) is 5.26 Å². The molecule has 1 aromatic heterocycles. The second-order valence-corrected chi connectivity index (χ2v) is 8.55. The van der Waals surface area contributed by atoms with Crippen LogP contribution in [0, 0.1) is 24.1 Å². The predicted molar refractivity (Wildman–Crippen MR) is 132 cm³/mol. The van der Waals surface area contributed by atoms with E-state index in [4.69, 9.17) is 5.26 Å². The first kappa shape index (κ1) is 23.2. The standard InChI is InChI=1S/C26H21FN4O2S/c1-18-7-11-20(12-8-18)30(16-4-15-28)24(32)17-34-26-29-23-6-3-2-5-22(23)25(33)31(26)21-13-9-19(27)10-14-21/h2-3,5-14H,4,16-17H2,1H3. The summed E-state index contributed by atoms with van der Waals surface area (Å²) in [4.78, 5) is 32.7. The molecule has 6 nitrogen and oxygen atoms in total. The van der Waals surface area contributed by atoms with E-state index in [9.17, 15) is 14.0 Å². The Hall–Kier alpha value is -3.96. The maximum absolute atomic E-state index is 13.5. The van der Waals surface area contributed by atoms with E-state index < -0.39 is 5.82 Å². The second-order valence-electron chi connectivity index (χ2n) is 7.61. The van der Waals surface area contributed by atoms with Gasteiger partial charge in [-0.2, -0.15) is 5.26 Å². The number of aryl methyl sites for hydroxylation is 1. The number of rotatable bonds is 7. The Morgan fingerprint density at radius 3 is 2.50 bits per heavy atom. The van der Waals surface area contributed by atoms with Crippen molar-refractivity contribution >= 4 is 34.3 Å². The molecule has 1 amide bonds. The number of anilines is 1. The largest absolute Gasteiger partial charge is 0.311 e. The highest BCUT2D eigenvalue weighted by molar-refractivity contribution is 7.99. The summed E-state index contributed by atoms with van der Waals surface area (Å²) >= 11 is 1.13. The number of amides is 1. The van der Waals surface area contributed by atoms with Crippen LogP contribution in [0.15, 0.2) is 82.7 Å². The average Bonchev–Trinajstić information content (AvgIpc) is 2.85. The normalized spacial score (nSPS) is 10.7. The summed E-state index contributed by atoms with van der Waals surface area (Å²) in [7, 11) is 0. The molecule has 0 bridgehead atoms. The lowest BCUT2D eigenvalue weighted by atomic mass is 10.2. The zero-order valence-corrected chi connectivity index (χ0v) is 19.3. The van der Waals surface area contributed by atoms with Gasteiger partial charge >= 0.3 is 0 Å². The van der Waals surface area contributed by atoms with Gasteiger partial charge in [-0.1, -0.05) is 41.6 Å². The van der Waals surface area contributed by atoms with Gasteiger partial charge in [0, 0.05) is 12.2 Å². The molecule has 170 valence electrons. The summed E-state index contributed by atoms with van der Waals surface area (Å²) in [5.74, 6) is -0.621. The summed E-state index contributed by atoms with van der Waals surface area (Å²) < 4.78 is 14.9. The molecule has 34 heavy (non-hydrogen) atoms. The third-order valence-electron chi connectivity index (χ3n) is 5.25. The van der Waals surface area contributed by atoms with Crippen molar-refractivity contribution < 1.29 is 9.18 Å². The first-order valence-electron chi connectivity index (χ1n) is 10.6. The van der Waals surface area contributed by atoms with E-state index in [0.29, 0.717) is 27.4 Å². The van der Waals surface area contributed by atoms with Crippen LogP contribution in [-0.4, -0.2) is 27.8 Å². The number of carbonyl (C=O) groups is 1. The van der Waals surface area contributed by atoms with Gasteiger partial charge in [-0.15, -0.1) is 0 Å². The number of hydrogen-bond donors (Lipinski definition) is 0. The molecule has 0 aliphatic rings. The SMILES string of the molecule is Cc1ccc(N(CCC#N)C(=O)CSc2nc3ccccc3c(=O)n2-c2ccc(F)cc2)cc1. The molecule has 4 rings (SSSR count). The number of carbonyl (C=O) groups excluding carboxylic acids is 1. The third-order valence-corrected chi connectivity index (χ3v) is 6.17. The van der Waals surface area contributed by atoms with Crippen molar-refractivity contribution in [1.82, 2.24) is 9.55 Å². The van der Waals surface area contributed by atoms with Gasteiger partial charge in [0.05, 0.1) is 34.8 Å². The lowest BCUT2D eigenvalue weighted by Gasteiger charge is -2.22. The van der Waals surface area contributed by atoms with Gasteiger partial charge < -0.3 is 4.90 Å². The number of nitriles is 1. The molecule has 0 unspecified atom stereocenters. The molecule has 8 heteroatoms. The number of benzene rings is 3. The molecule has 3 aromatic carbocycles. The van der Waals surface area contributed by atoms with Crippen LogP contribution in [0.2, 0.25) is 0 Å². The number of halogens is 1. The van der Waals surface area contributed by atoms with E-state index in [1.165, 1.54) is 28.8 Å². The Morgan fingerprint density at radius 1 is 1.09 bits per heavy atom. The Morgan fingerprint density at radius 2 is 1.79 bits per heavy atom. The number of fused-ring (bicyclic) bond motifs is 1. The molecule has 0 radical (unpaired) electrons. The lowest BCUT2D eigenvalue weighted by Crippen LogP contribution is -2.33. The predicted octanol–water partition coefficient (Wildman–Crippen LogP) is 4.87. The molecular weight excluding hydrogens is 451 g/mol. The highest BCUT2D eigenvalue weighted by atomic mass is 32.2. The minimum absolute atomic E-state index is 0.00524. The number of hydrogen-bond acceptors (Lipinski definition) is 5. The van der Waals surface area contributed by atoms with Crippen LogP contribution in [0.5, 0.6) is 0 Å². The third kappa shape index (κ3) is 5.00. The van der Waals surface area contributed by atoms with Crippen LogP contribution in [0.1, 0.15) is 12.0 Å². The molecule has 0 aliphatic carbocycles. The highest BCUT2D eigenvalue weighted by Crippen LogP contribution is 2.24. The van der Waals surface area contributed by atoms with Crippen molar-refractivity contribution in [2.75, 3.05) is 17.2 Å². The average molecular weight is 473 g/mol. The van der Waals surface area contributed by atoms with E-state index >= 15 is 0 Å². The number of nitrogens with zero attached hydrogens (tertiary/aromatic N) is 4. The fourth-order valence-electron chi connectivity index (χ4n) is 3.52. The number of thioether (sulfide) groups is 1. The van der Waals surface area contributed by atoms with Gasteiger partial charge in [0.25, 0.3) is 5.56 Å². The molecule has 1 heterocycles. The van der Waals surface area contributed by atoms with Crippen molar-refractivity contribution in [2.24, 2.45) is 0 Å². The Balaban J connectivity index is 1.69. The summed E-state index contributed by atoms with van der Waals surface area (Å²) in [5, 5.41) is 9.80. The minimum atomic E-state index is -0.416. The maximum Gasteiger partial charge on any atom is 0.266 e. The van der Waals surface area contributed by atoms with E-state index in [0.717, 1.165) is 17.3 Å². The van der Waals surface area contributed by atoms with E-state index in [-0.39, 0.29) is 30.2 Å². The molecule has 0 atom stereocenters. The van der Waals surface area contributed by atoms with Crippen molar-refractivity contribution in [3.63, 3.8) is 0 Å². The summed E-state index contributed by atoms with van der Waals surface area (Å²) in [6.07, 6.45) is 0.193. The number of para-hydroxylation sites is 1. The van der Waals surface area contributed by atoms with Crippen molar-refractivity contribution in [2.45, 2.75) is 18.5 Å². The molecule has 0 aliphatic heterocycles. The van der Waals surface area contributed by atoms with E-state index in [1.807, 2.05) is 31.2 Å². The van der Waals surface area contributed by atoms with Crippen LogP contribution in [-0.2, 0) is 4.79 Å². The van der Waals surface area contributed by atoms with Gasteiger partial charge in [0.1, 0.15) is 5.82 Å². The van der Waals surface area contributed by atoms with Gasteiger partial charge in [-0.25, -0.2) is 9.37 Å². The smallest absolute Gasteiger partial charge is 0.266 e. The van der Waals surface area contributed by atoms with Gasteiger partial charge in [0.2, 0.25) is 5.91 Å². The molecule has 0 fully saturated rings. The Labute approximate surface area is 200 Å². The molecular formula is C26H21FN4O2S.